The highest BCUT2D eigenvalue weighted by Crippen LogP contribution is 2.33. The van der Waals surface area contributed by atoms with Gasteiger partial charge in [-0.05, 0) is 66.8 Å². The molecule has 0 saturated heterocycles. The summed E-state index contributed by atoms with van der Waals surface area (Å²) >= 11 is 0. The van der Waals surface area contributed by atoms with Crippen LogP contribution in [-0.2, 0) is 4.79 Å². The van der Waals surface area contributed by atoms with E-state index in [9.17, 15) is 4.79 Å². The summed E-state index contributed by atoms with van der Waals surface area (Å²) in [5.74, 6) is -0.927. The van der Waals surface area contributed by atoms with Crippen molar-refractivity contribution in [2.75, 3.05) is 0 Å². The molecule has 0 aliphatic carbocycles. The first kappa shape index (κ1) is 19.7. The zero-order valence-corrected chi connectivity index (χ0v) is 17.5. The van der Waals surface area contributed by atoms with Gasteiger partial charge < -0.3 is 9.67 Å². The van der Waals surface area contributed by atoms with Gasteiger partial charge in [-0.1, -0.05) is 60.2 Å². The largest absolute Gasteiger partial charge is 0.478 e. The molecule has 0 aliphatic heterocycles. The summed E-state index contributed by atoms with van der Waals surface area (Å²) in [5.41, 5.74) is 7.78. The number of hydrogen-bond donors (Lipinski definition) is 1. The van der Waals surface area contributed by atoms with Gasteiger partial charge in [0.15, 0.2) is 0 Å². The topological polar surface area (TPSA) is 42.2 Å². The lowest BCUT2D eigenvalue weighted by molar-refractivity contribution is -0.131. The second kappa shape index (κ2) is 8.03. The Morgan fingerprint density at radius 1 is 0.967 bits per heavy atom. The number of hydrogen-bond acceptors (Lipinski definition) is 1. The molecule has 3 nitrogen and oxygen atoms in total. The van der Waals surface area contributed by atoms with Crippen molar-refractivity contribution in [3.63, 3.8) is 0 Å². The fourth-order valence-corrected chi connectivity index (χ4v) is 4.04. The lowest BCUT2D eigenvalue weighted by Gasteiger charge is -2.23. The number of benzene rings is 3. The Labute approximate surface area is 176 Å². The maximum absolute atomic E-state index is 11.0. The Balaban J connectivity index is 1.88. The van der Waals surface area contributed by atoms with Crippen LogP contribution in [0.3, 0.4) is 0 Å². The SMILES string of the molecule is CC(=CC(=O)O)c1ccc2c(ccn2C(c2ccc(C)cc2)c2ccccc2C)c1. The van der Waals surface area contributed by atoms with Crippen molar-refractivity contribution >= 4 is 22.4 Å². The van der Waals surface area contributed by atoms with Crippen LogP contribution in [0.4, 0.5) is 0 Å². The Hall–Kier alpha value is -3.59. The van der Waals surface area contributed by atoms with Crippen LogP contribution in [0.25, 0.3) is 16.5 Å². The van der Waals surface area contributed by atoms with Crippen molar-refractivity contribution in [2.45, 2.75) is 26.8 Å². The Morgan fingerprint density at radius 3 is 2.40 bits per heavy atom. The van der Waals surface area contributed by atoms with Gasteiger partial charge in [-0.15, -0.1) is 0 Å². The van der Waals surface area contributed by atoms with Crippen LogP contribution < -0.4 is 0 Å². The van der Waals surface area contributed by atoms with Crippen LogP contribution >= 0.6 is 0 Å². The highest BCUT2D eigenvalue weighted by molar-refractivity contribution is 5.92. The Kier molecular flexibility index (Phi) is 5.28. The van der Waals surface area contributed by atoms with Gasteiger partial charge in [-0.2, -0.15) is 0 Å². The normalized spacial score (nSPS) is 12.8. The second-order valence-corrected chi connectivity index (χ2v) is 7.83. The monoisotopic (exact) mass is 395 g/mol. The molecular weight excluding hydrogens is 370 g/mol. The molecule has 0 saturated carbocycles. The van der Waals surface area contributed by atoms with E-state index in [1.54, 1.807) is 0 Å². The number of carboxylic acids is 1. The first-order valence-electron chi connectivity index (χ1n) is 10.1. The predicted octanol–water partition coefficient (Wildman–Crippen LogP) is 6.38. The molecule has 1 unspecified atom stereocenters. The molecule has 150 valence electrons. The van der Waals surface area contributed by atoms with Crippen molar-refractivity contribution < 1.29 is 9.90 Å². The van der Waals surface area contributed by atoms with Crippen LogP contribution in [-0.4, -0.2) is 15.6 Å². The molecule has 4 aromatic rings. The number of aryl methyl sites for hydroxylation is 2. The molecule has 0 fully saturated rings. The smallest absolute Gasteiger partial charge is 0.328 e. The molecule has 0 spiro atoms. The third kappa shape index (κ3) is 3.79. The number of aromatic nitrogens is 1. The molecule has 1 aromatic heterocycles. The molecule has 1 atom stereocenters. The second-order valence-electron chi connectivity index (χ2n) is 7.83. The number of nitrogens with zero attached hydrogens (tertiary/aromatic N) is 1. The third-order valence-corrected chi connectivity index (χ3v) is 5.67. The average Bonchev–Trinajstić information content (AvgIpc) is 3.13. The lowest BCUT2D eigenvalue weighted by Crippen LogP contribution is -2.12. The Bertz CT molecular complexity index is 1250. The third-order valence-electron chi connectivity index (χ3n) is 5.67. The molecule has 1 N–H and O–H groups in total. The zero-order chi connectivity index (χ0) is 21.3. The van der Waals surface area contributed by atoms with E-state index in [4.69, 9.17) is 5.11 Å². The fraction of sp³-hybridized carbons (Fsp3) is 0.148. The van der Waals surface area contributed by atoms with Gasteiger partial charge in [0.05, 0.1) is 6.04 Å². The van der Waals surface area contributed by atoms with Gasteiger partial charge in [0.25, 0.3) is 0 Å². The molecule has 30 heavy (non-hydrogen) atoms. The predicted molar refractivity (Wildman–Crippen MR) is 123 cm³/mol. The quantitative estimate of drug-likeness (QED) is 0.398. The van der Waals surface area contributed by atoms with Crippen molar-refractivity contribution in [3.05, 3.63) is 113 Å². The summed E-state index contributed by atoms with van der Waals surface area (Å²) in [5, 5.41) is 10.1. The van der Waals surface area contributed by atoms with Gasteiger partial charge in [-0.3, -0.25) is 0 Å². The summed E-state index contributed by atoms with van der Waals surface area (Å²) in [4.78, 5) is 11.0. The summed E-state index contributed by atoms with van der Waals surface area (Å²) in [6.07, 6.45) is 3.38. The van der Waals surface area contributed by atoms with Gasteiger partial charge in [0.1, 0.15) is 0 Å². The van der Waals surface area contributed by atoms with Gasteiger partial charge in [0.2, 0.25) is 0 Å². The Morgan fingerprint density at radius 2 is 1.70 bits per heavy atom. The minimum atomic E-state index is -0.927. The van der Waals surface area contributed by atoms with E-state index in [1.807, 2.05) is 13.0 Å². The van der Waals surface area contributed by atoms with E-state index >= 15 is 0 Å². The van der Waals surface area contributed by atoms with Gasteiger partial charge in [-0.25, -0.2) is 4.79 Å². The molecular formula is C27H25NO2. The fourth-order valence-electron chi connectivity index (χ4n) is 4.04. The van der Waals surface area contributed by atoms with Crippen LogP contribution in [0.5, 0.6) is 0 Å². The van der Waals surface area contributed by atoms with E-state index in [0.717, 1.165) is 22.0 Å². The minimum Gasteiger partial charge on any atom is -0.478 e. The number of rotatable bonds is 5. The highest BCUT2D eigenvalue weighted by Gasteiger charge is 2.19. The van der Waals surface area contributed by atoms with Crippen LogP contribution in [0, 0.1) is 13.8 Å². The zero-order valence-electron chi connectivity index (χ0n) is 17.5. The van der Waals surface area contributed by atoms with Crippen LogP contribution in [0.2, 0.25) is 0 Å². The maximum Gasteiger partial charge on any atom is 0.328 e. The number of carbonyl (C=O) groups is 1. The van der Waals surface area contributed by atoms with Crippen molar-refractivity contribution in [1.82, 2.24) is 4.57 Å². The van der Waals surface area contributed by atoms with E-state index in [0.29, 0.717) is 0 Å². The molecule has 3 heteroatoms. The molecule has 3 aromatic carbocycles. The van der Waals surface area contributed by atoms with E-state index in [2.05, 4.69) is 91.3 Å². The lowest BCUT2D eigenvalue weighted by atomic mass is 9.94. The van der Waals surface area contributed by atoms with Crippen molar-refractivity contribution in [2.24, 2.45) is 0 Å². The molecule has 0 bridgehead atoms. The molecule has 0 radical (unpaired) electrons. The van der Waals surface area contributed by atoms with Crippen molar-refractivity contribution in [1.29, 1.82) is 0 Å². The first-order valence-corrected chi connectivity index (χ1v) is 10.1. The highest BCUT2D eigenvalue weighted by atomic mass is 16.4. The number of allylic oxidation sites excluding steroid dienone is 1. The number of aliphatic carboxylic acids is 1. The number of carboxylic acid groups (broad SMARTS) is 1. The van der Waals surface area contributed by atoms with E-state index in [-0.39, 0.29) is 6.04 Å². The molecule has 4 rings (SSSR count). The summed E-state index contributed by atoms with van der Waals surface area (Å²) in [7, 11) is 0. The van der Waals surface area contributed by atoms with E-state index < -0.39 is 5.97 Å². The van der Waals surface area contributed by atoms with Crippen LogP contribution in [0.15, 0.2) is 85.1 Å². The van der Waals surface area contributed by atoms with Gasteiger partial charge in [0, 0.05) is 23.2 Å². The first-order chi connectivity index (χ1) is 14.4. The molecule has 0 aliphatic rings. The molecule has 0 amide bonds. The maximum atomic E-state index is 11.0. The number of fused-ring (bicyclic) bond motifs is 1. The van der Waals surface area contributed by atoms with E-state index in [1.165, 1.54) is 28.3 Å². The summed E-state index contributed by atoms with van der Waals surface area (Å²) in [6.45, 7) is 6.08. The summed E-state index contributed by atoms with van der Waals surface area (Å²) < 4.78 is 2.31. The van der Waals surface area contributed by atoms with Crippen LogP contribution in [0.1, 0.15) is 40.8 Å². The molecule has 1 heterocycles. The van der Waals surface area contributed by atoms with Crippen molar-refractivity contribution in [3.8, 4) is 0 Å². The minimum absolute atomic E-state index is 0.0609. The standard InChI is InChI=1S/C27H25NO2/c1-18-8-10-21(11-9-18)27(24-7-5-4-6-19(24)2)28-15-14-23-17-22(12-13-25(23)28)20(3)16-26(29)30/h4-17,27H,1-3H3,(H,29,30). The average molecular weight is 396 g/mol. The van der Waals surface area contributed by atoms with Gasteiger partial charge >= 0.3 is 5.97 Å². The summed E-state index contributed by atoms with van der Waals surface area (Å²) in [6, 6.07) is 25.5.